The summed E-state index contributed by atoms with van der Waals surface area (Å²) >= 11 is 12.0. The van der Waals surface area contributed by atoms with Gasteiger partial charge in [-0.1, -0.05) is 35.3 Å². The van der Waals surface area contributed by atoms with E-state index in [0.29, 0.717) is 10.0 Å². The second-order valence-electron chi connectivity index (χ2n) is 5.99. The van der Waals surface area contributed by atoms with Gasteiger partial charge in [0.2, 0.25) is 0 Å². The van der Waals surface area contributed by atoms with E-state index in [9.17, 15) is 0 Å². The van der Waals surface area contributed by atoms with Crippen molar-refractivity contribution in [1.82, 2.24) is 0 Å². The van der Waals surface area contributed by atoms with Gasteiger partial charge in [0.25, 0.3) is 0 Å². The molecular weight excluding hydrogens is 305 g/mol. The van der Waals surface area contributed by atoms with E-state index in [1.165, 1.54) is 11.1 Å². The number of fused-ring (bicyclic) bond motifs is 1. The van der Waals surface area contributed by atoms with Crippen molar-refractivity contribution in [1.29, 1.82) is 0 Å². The van der Waals surface area contributed by atoms with Gasteiger partial charge in [0, 0.05) is 28.7 Å². The molecule has 0 spiro atoms. The zero-order valence-corrected chi connectivity index (χ0v) is 13.6. The second kappa shape index (κ2) is 5.43. The third kappa shape index (κ3) is 3.45. The molecule has 1 aliphatic rings. The molecular formula is C17H17Cl2NO. The number of anilines is 1. The predicted octanol–water partition coefficient (Wildman–Crippen LogP) is 5.32. The molecule has 2 aromatic rings. The Bertz CT molecular complexity index is 662. The summed E-state index contributed by atoms with van der Waals surface area (Å²) in [5.41, 5.74) is 3.30. The van der Waals surface area contributed by atoms with Crippen molar-refractivity contribution >= 4 is 28.9 Å². The first-order valence-electron chi connectivity index (χ1n) is 6.92. The topological polar surface area (TPSA) is 21.3 Å². The Hall–Kier alpha value is -1.38. The molecule has 21 heavy (non-hydrogen) atoms. The number of rotatable bonds is 3. The monoisotopic (exact) mass is 321 g/mol. The standard InChI is InChI=1S/C17H17Cl2NO/c1-17(2)9-12-5-11(3-4-16(12)21-17)10-20-15-7-13(18)6-14(19)8-15/h3-8,20H,9-10H2,1-2H3. The minimum Gasteiger partial charge on any atom is -0.487 e. The summed E-state index contributed by atoms with van der Waals surface area (Å²) in [6.07, 6.45) is 0.944. The van der Waals surface area contributed by atoms with E-state index < -0.39 is 0 Å². The smallest absolute Gasteiger partial charge is 0.123 e. The molecule has 0 amide bonds. The first-order chi connectivity index (χ1) is 9.91. The summed E-state index contributed by atoms with van der Waals surface area (Å²) in [5, 5.41) is 4.61. The zero-order valence-electron chi connectivity index (χ0n) is 12.0. The fraction of sp³-hybridized carbons (Fsp3) is 0.294. The van der Waals surface area contributed by atoms with Crippen LogP contribution in [0.15, 0.2) is 36.4 Å². The van der Waals surface area contributed by atoms with Gasteiger partial charge in [-0.05, 0) is 49.2 Å². The summed E-state index contributed by atoms with van der Waals surface area (Å²) in [5.74, 6) is 0.995. The second-order valence-corrected chi connectivity index (χ2v) is 6.87. The number of hydrogen-bond acceptors (Lipinski definition) is 2. The third-order valence-electron chi connectivity index (χ3n) is 3.49. The van der Waals surface area contributed by atoms with Gasteiger partial charge in [0.1, 0.15) is 11.4 Å². The Labute approximate surface area is 135 Å². The van der Waals surface area contributed by atoms with Gasteiger partial charge >= 0.3 is 0 Å². The third-order valence-corrected chi connectivity index (χ3v) is 3.92. The molecule has 2 aromatic carbocycles. The van der Waals surface area contributed by atoms with Gasteiger partial charge < -0.3 is 10.1 Å². The van der Waals surface area contributed by atoms with E-state index in [0.717, 1.165) is 24.4 Å². The molecule has 0 saturated carbocycles. The molecule has 2 nitrogen and oxygen atoms in total. The minimum absolute atomic E-state index is 0.102. The molecule has 0 fully saturated rings. The number of nitrogens with one attached hydrogen (secondary N) is 1. The van der Waals surface area contributed by atoms with Crippen molar-refractivity contribution in [3.63, 3.8) is 0 Å². The van der Waals surface area contributed by atoms with Gasteiger partial charge in [-0.3, -0.25) is 0 Å². The molecule has 110 valence electrons. The van der Waals surface area contributed by atoms with Gasteiger partial charge in [-0.15, -0.1) is 0 Å². The molecule has 4 heteroatoms. The largest absolute Gasteiger partial charge is 0.487 e. The predicted molar refractivity (Wildman–Crippen MR) is 88.6 cm³/mol. The molecule has 0 unspecified atom stereocenters. The average molecular weight is 322 g/mol. The van der Waals surface area contributed by atoms with Crippen LogP contribution in [-0.2, 0) is 13.0 Å². The van der Waals surface area contributed by atoms with Crippen LogP contribution in [0.3, 0.4) is 0 Å². The number of halogens is 2. The number of benzene rings is 2. The quantitative estimate of drug-likeness (QED) is 0.826. The molecule has 0 aromatic heterocycles. The molecule has 0 saturated heterocycles. The molecule has 0 atom stereocenters. The molecule has 0 aliphatic carbocycles. The molecule has 0 radical (unpaired) electrons. The van der Waals surface area contributed by atoms with Crippen molar-refractivity contribution in [3.05, 3.63) is 57.6 Å². The number of hydrogen-bond donors (Lipinski definition) is 1. The summed E-state index contributed by atoms with van der Waals surface area (Å²) in [4.78, 5) is 0. The van der Waals surface area contributed by atoms with Crippen LogP contribution in [-0.4, -0.2) is 5.60 Å². The maximum Gasteiger partial charge on any atom is 0.123 e. The fourth-order valence-electron chi connectivity index (χ4n) is 2.63. The summed E-state index contributed by atoms with van der Waals surface area (Å²) in [6, 6.07) is 11.8. The molecule has 1 aliphatic heterocycles. The van der Waals surface area contributed by atoms with Crippen LogP contribution in [0.1, 0.15) is 25.0 Å². The van der Waals surface area contributed by atoms with E-state index in [2.05, 4.69) is 31.3 Å². The van der Waals surface area contributed by atoms with Gasteiger partial charge in [0.05, 0.1) is 0 Å². The van der Waals surface area contributed by atoms with Crippen molar-refractivity contribution in [3.8, 4) is 5.75 Å². The first kappa shape index (κ1) is 14.6. The van der Waals surface area contributed by atoms with Crippen molar-refractivity contribution < 1.29 is 4.74 Å². The first-order valence-corrected chi connectivity index (χ1v) is 7.68. The highest BCUT2D eigenvalue weighted by atomic mass is 35.5. The lowest BCUT2D eigenvalue weighted by atomic mass is 10.0. The number of ether oxygens (including phenoxy) is 1. The molecule has 3 rings (SSSR count). The van der Waals surface area contributed by atoms with Crippen LogP contribution in [0.5, 0.6) is 5.75 Å². The van der Waals surface area contributed by atoms with Crippen molar-refractivity contribution in [2.24, 2.45) is 0 Å². The Kier molecular flexibility index (Phi) is 3.76. The average Bonchev–Trinajstić information content (AvgIpc) is 2.68. The highest BCUT2D eigenvalue weighted by Crippen LogP contribution is 2.35. The van der Waals surface area contributed by atoms with Crippen LogP contribution in [0.25, 0.3) is 0 Å². The van der Waals surface area contributed by atoms with Gasteiger partial charge in [-0.2, -0.15) is 0 Å². The highest BCUT2D eigenvalue weighted by Gasteiger charge is 2.29. The summed E-state index contributed by atoms with van der Waals surface area (Å²) in [6.45, 7) is 4.95. The minimum atomic E-state index is -0.102. The normalized spacial score (nSPS) is 15.4. The van der Waals surface area contributed by atoms with E-state index in [-0.39, 0.29) is 5.60 Å². The Morgan fingerprint density at radius 2 is 1.81 bits per heavy atom. The van der Waals surface area contributed by atoms with Gasteiger partial charge in [0.15, 0.2) is 0 Å². The Balaban J connectivity index is 1.72. The van der Waals surface area contributed by atoms with Crippen molar-refractivity contribution in [2.75, 3.05) is 5.32 Å². The lowest BCUT2D eigenvalue weighted by molar-refractivity contribution is 0.138. The van der Waals surface area contributed by atoms with Crippen LogP contribution in [0, 0.1) is 0 Å². The van der Waals surface area contributed by atoms with Crippen LogP contribution < -0.4 is 10.1 Å². The zero-order chi connectivity index (χ0) is 15.0. The summed E-state index contributed by atoms with van der Waals surface area (Å²) in [7, 11) is 0. The lowest BCUT2D eigenvalue weighted by Gasteiger charge is -2.16. The van der Waals surface area contributed by atoms with E-state index in [1.807, 2.05) is 18.2 Å². The highest BCUT2D eigenvalue weighted by molar-refractivity contribution is 6.35. The van der Waals surface area contributed by atoms with Crippen LogP contribution >= 0.6 is 23.2 Å². The maximum absolute atomic E-state index is 6.00. The molecule has 1 heterocycles. The molecule has 1 N–H and O–H groups in total. The van der Waals surface area contributed by atoms with Crippen molar-refractivity contribution in [2.45, 2.75) is 32.4 Å². The molecule has 0 bridgehead atoms. The van der Waals surface area contributed by atoms with Gasteiger partial charge in [-0.25, -0.2) is 0 Å². The lowest BCUT2D eigenvalue weighted by Crippen LogP contribution is -2.24. The van der Waals surface area contributed by atoms with Crippen LogP contribution in [0.4, 0.5) is 5.69 Å². The fourth-order valence-corrected chi connectivity index (χ4v) is 3.16. The maximum atomic E-state index is 6.00. The van der Waals surface area contributed by atoms with E-state index >= 15 is 0 Å². The Morgan fingerprint density at radius 3 is 2.52 bits per heavy atom. The summed E-state index contributed by atoms with van der Waals surface area (Å²) < 4.78 is 5.89. The van der Waals surface area contributed by atoms with E-state index in [1.54, 1.807) is 6.07 Å². The van der Waals surface area contributed by atoms with E-state index in [4.69, 9.17) is 27.9 Å². The Morgan fingerprint density at radius 1 is 1.10 bits per heavy atom. The SMILES string of the molecule is CC1(C)Cc2cc(CNc3cc(Cl)cc(Cl)c3)ccc2O1. The van der Waals surface area contributed by atoms with Crippen LogP contribution in [0.2, 0.25) is 10.0 Å².